The zero-order valence-electron chi connectivity index (χ0n) is 13.3. The predicted molar refractivity (Wildman–Crippen MR) is 80.9 cm³/mol. The van der Waals surface area contributed by atoms with Gasteiger partial charge < -0.3 is 14.9 Å². The first-order valence-electron chi connectivity index (χ1n) is 8.13. The molecule has 1 N–H and O–H groups in total. The summed E-state index contributed by atoms with van der Waals surface area (Å²) in [6, 6.07) is 0. The minimum atomic E-state index is -0.745. The Morgan fingerprint density at radius 3 is 2.38 bits per heavy atom. The molecule has 1 heterocycles. The maximum absolute atomic E-state index is 12.5. The van der Waals surface area contributed by atoms with E-state index in [1.54, 1.807) is 0 Å². The number of nitrogens with zero attached hydrogens (tertiary/aromatic N) is 2. The smallest absolute Gasteiger partial charge is 0.306 e. The number of hydrogen-bond acceptors (Lipinski definition) is 3. The summed E-state index contributed by atoms with van der Waals surface area (Å²) in [6.07, 6.45) is 5.24. The first-order chi connectivity index (χ1) is 9.97. The van der Waals surface area contributed by atoms with E-state index in [-0.39, 0.29) is 17.7 Å². The number of amides is 1. The van der Waals surface area contributed by atoms with Crippen molar-refractivity contribution >= 4 is 11.9 Å². The van der Waals surface area contributed by atoms with E-state index in [2.05, 4.69) is 11.9 Å². The Labute approximate surface area is 127 Å². The first kappa shape index (κ1) is 16.3. The fourth-order valence-electron chi connectivity index (χ4n) is 3.67. The molecule has 2 unspecified atom stereocenters. The molecule has 2 fully saturated rings. The molecule has 0 aromatic heterocycles. The highest BCUT2D eigenvalue weighted by molar-refractivity contribution is 5.80. The van der Waals surface area contributed by atoms with Gasteiger partial charge in [0.05, 0.1) is 5.92 Å². The highest BCUT2D eigenvalue weighted by Gasteiger charge is 2.33. The standard InChI is InChI=1S/C16H28N2O3/c1-17-8-6-12(7-9-17)11-18(2)15(19)13-4-3-5-14(10-13)16(20)21/h12-14H,3-11H2,1-2H3,(H,20,21). The van der Waals surface area contributed by atoms with Gasteiger partial charge in [-0.2, -0.15) is 0 Å². The monoisotopic (exact) mass is 296 g/mol. The summed E-state index contributed by atoms with van der Waals surface area (Å²) in [5.41, 5.74) is 0. The average molecular weight is 296 g/mol. The lowest BCUT2D eigenvalue weighted by atomic mass is 9.80. The third-order valence-electron chi connectivity index (χ3n) is 5.12. The van der Waals surface area contributed by atoms with Crippen LogP contribution < -0.4 is 0 Å². The molecule has 0 aromatic carbocycles. The molecular formula is C16H28N2O3. The van der Waals surface area contributed by atoms with Crippen molar-refractivity contribution < 1.29 is 14.7 Å². The minimum Gasteiger partial charge on any atom is -0.481 e. The van der Waals surface area contributed by atoms with Crippen LogP contribution in [0.4, 0.5) is 0 Å². The van der Waals surface area contributed by atoms with Crippen LogP contribution in [0.25, 0.3) is 0 Å². The number of carboxylic acid groups (broad SMARTS) is 1. The Kier molecular flexibility index (Phi) is 5.62. The zero-order chi connectivity index (χ0) is 15.4. The third kappa shape index (κ3) is 4.43. The van der Waals surface area contributed by atoms with Gasteiger partial charge in [-0.05, 0) is 58.2 Å². The molecule has 0 radical (unpaired) electrons. The lowest BCUT2D eigenvalue weighted by molar-refractivity contribution is -0.145. The molecule has 2 rings (SSSR count). The molecule has 1 saturated heterocycles. The molecule has 2 atom stereocenters. The summed E-state index contributed by atoms with van der Waals surface area (Å²) >= 11 is 0. The Morgan fingerprint density at radius 1 is 1.14 bits per heavy atom. The lowest BCUT2D eigenvalue weighted by Crippen LogP contribution is -2.41. The van der Waals surface area contributed by atoms with E-state index in [1.165, 1.54) is 0 Å². The second kappa shape index (κ2) is 7.25. The number of hydrogen-bond donors (Lipinski definition) is 1. The van der Waals surface area contributed by atoms with Crippen LogP contribution in [0.3, 0.4) is 0 Å². The number of aliphatic carboxylic acids is 1. The van der Waals surface area contributed by atoms with Crippen LogP contribution >= 0.6 is 0 Å². The quantitative estimate of drug-likeness (QED) is 0.857. The van der Waals surface area contributed by atoms with Crippen LogP contribution in [0.5, 0.6) is 0 Å². The van der Waals surface area contributed by atoms with Crippen molar-refractivity contribution in [3.05, 3.63) is 0 Å². The fraction of sp³-hybridized carbons (Fsp3) is 0.875. The number of carbonyl (C=O) groups is 2. The van der Waals surface area contributed by atoms with Gasteiger partial charge >= 0.3 is 5.97 Å². The molecule has 0 bridgehead atoms. The van der Waals surface area contributed by atoms with Gasteiger partial charge in [0.1, 0.15) is 0 Å². The van der Waals surface area contributed by atoms with E-state index in [0.29, 0.717) is 12.3 Å². The Hall–Kier alpha value is -1.10. The highest BCUT2D eigenvalue weighted by Crippen LogP contribution is 2.30. The SMILES string of the molecule is CN1CCC(CN(C)C(=O)C2CCCC(C(=O)O)C2)CC1. The number of rotatable bonds is 4. The fourth-order valence-corrected chi connectivity index (χ4v) is 3.67. The van der Waals surface area contributed by atoms with Crippen molar-refractivity contribution in [2.45, 2.75) is 38.5 Å². The van der Waals surface area contributed by atoms with Crippen molar-refractivity contribution in [1.82, 2.24) is 9.80 Å². The summed E-state index contributed by atoms with van der Waals surface area (Å²) < 4.78 is 0. The van der Waals surface area contributed by atoms with E-state index < -0.39 is 5.97 Å². The topological polar surface area (TPSA) is 60.9 Å². The zero-order valence-corrected chi connectivity index (χ0v) is 13.3. The normalized spacial score (nSPS) is 28.3. The third-order valence-corrected chi connectivity index (χ3v) is 5.12. The maximum Gasteiger partial charge on any atom is 0.306 e. The van der Waals surface area contributed by atoms with Crippen LogP contribution in [0.1, 0.15) is 38.5 Å². The van der Waals surface area contributed by atoms with Gasteiger partial charge in [-0.1, -0.05) is 6.42 Å². The van der Waals surface area contributed by atoms with Gasteiger partial charge in [-0.15, -0.1) is 0 Å². The molecule has 2 aliphatic rings. The largest absolute Gasteiger partial charge is 0.481 e. The molecule has 120 valence electrons. The molecule has 1 aliphatic heterocycles. The maximum atomic E-state index is 12.5. The van der Waals surface area contributed by atoms with Crippen molar-refractivity contribution in [3.8, 4) is 0 Å². The number of likely N-dealkylation sites (tertiary alicyclic amines) is 1. The van der Waals surface area contributed by atoms with Crippen molar-refractivity contribution in [2.24, 2.45) is 17.8 Å². The predicted octanol–water partition coefficient (Wildman–Crippen LogP) is 1.68. The second-order valence-electron chi connectivity index (χ2n) is 6.86. The second-order valence-corrected chi connectivity index (χ2v) is 6.86. The van der Waals surface area contributed by atoms with E-state index in [4.69, 9.17) is 5.11 Å². The van der Waals surface area contributed by atoms with Crippen molar-refractivity contribution in [2.75, 3.05) is 33.7 Å². The number of carboxylic acids is 1. The van der Waals surface area contributed by atoms with Gasteiger partial charge in [-0.3, -0.25) is 9.59 Å². The summed E-state index contributed by atoms with van der Waals surface area (Å²) in [5, 5.41) is 9.13. The summed E-state index contributed by atoms with van der Waals surface area (Å²) in [6.45, 7) is 3.04. The van der Waals surface area contributed by atoms with Gasteiger partial charge in [0.25, 0.3) is 0 Å². The molecule has 0 spiro atoms. The minimum absolute atomic E-state index is 0.0869. The molecule has 21 heavy (non-hydrogen) atoms. The number of carbonyl (C=O) groups excluding carboxylic acids is 1. The molecule has 5 heteroatoms. The van der Waals surface area contributed by atoms with Crippen LogP contribution in [0, 0.1) is 17.8 Å². The Balaban J connectivity index is 1.82. The lowest BCUT2D eigenvalue weighted by Gasteiger charge is -2.34. The van der Waals surface area contributed by atoms with Gasteiger partial charge in [-0.25, -0.2) is 0 Å². The van der Waals surface area contributed by atoms with Crippen molar-refractivity contribution in [1.29, 1.82) is 0 Å². The number of piperidine rings is 1. The molecule has 5 nitrogen and oxygen atoms in total. The van der Waals surface area contributed by atoms with Crippen LogP contribution in [-0.4, -0.2) is 60.5 Å². The van der Waals surface area contributed by atoms with Gasteiger partial charge in [0.2, 0.25) is 5.91 Å². The molecular weight excluding hydrogens is 268 g/mol. The average Bonchev–Trinajstić information content (AvgIpc) is 2.49. The highest BCUT2D eigenvalue weighted by atomic mass is 16.4. The summed E-state index contributed by atoms with van der Waals surface area (Å²) in [7, 11) is 4.02. The van der Waals surface area contributed by atoms with Gasteiger partial charge in [0.15, 0.2) is 0 Å². The van der Waals surface area contributed by atoms with Crippen molar-refractivity contribution in [3.63, 3.8) is 0 Å². The van der Waals surface area contributed by atoms with E-state index in [1.807, 2.05) is 11.9 Å². The Morgan fingerprint density at radius 2 is 1.76 bits per heavy atom. The van der Waals surface area contributed by atoms with Crippen LogP contribution in [-0.2, 0) is 9.59 Å². The Bertz CT molecular complexity index is 378. The molecule has 1 amide bonds. The van der Waals surface area contributed by atoms with E-state index in [0.717, 1.165) is 51.7 Å². The van der Waals surface area contributed by atoms with E-state index in [9.17, 15) is 9.59 Å². The van der Waals surface area contributed by atoms with Gasteiger partial charge in [0, 0.05) is 19.5 Å². The molecule has 0 aromatic rings. The summed E-state index contributed by atoms with van der Waals surface area (Å²) in [5.74, 6) is -0.417. The van der Waals surface area contributed by atoms with Crippen LogP contribution in [0.2, 0.25) is 0 Å². The van der Waals surface area contributed by atoms with Crippen LogP contribution in [0.15, 0.2) is 0 Å². The molecule has 1 aliphatic carbocycles. The first-order valence-corrected chi connectivity index (χ1v) is 8.13. The van der Waals surface area contributed by atoms with E-state index >= 15 is 0 Å². The summed E-state index contributed by atoms with van der Waals surface area (Å²) in [4.78, 5) is 27.8. The molecule has 1 saturated carbocycles.